The predicted octanol–water partition coefficient (Wildman–Crippen LogP) is 3.56. The fourth-order valence-corrected chi connectivity index (χ4v) is 4.98. The van der Waals surface area contributed by atoms with Crippen molar-refractivity contribution in [2.75, 3.05) is 26.3 Å². The molecule has 4 atom stereocenters. The third kappa shape index (κ3) is 7.52. The van der Waals surface area contributed by atoms with E-state index < -0.39 is 17.8 Å². The second-order valence-electron chi connectivity index (χ2n) is 9.55. The molecule has 0 unspecified atom stereocenters. The molecule has 4 rings (SSSR count). The molecule has 9 heteroatoms. The van der Waals surface area contributed by atoms with Crippen molar-refractivity contribution in [3.63, 3.8) is 0 Å². The van der Waals surface area contributed by atoms with Crippen molar-refractivity contribution in [1.29, 1.82) is 0 Å². The number of aliphatic hydroxyl groups excluding tert-OH is 1. The molecule has 2 aromatic carbocycles. The maximum Gasteiger partial charge on any atom is 0.416 e. The molecule has 2 saturated heterocycles. The Balaban J connectivity index is 1.34. The minimum absolute atomic E-state index is 0.0719. The molecule has 2 heterocycles. The van der Waals surface area contributed by atoms with Gasteiger partial charge in [0.2, 0.25) is 5.91 Å². The van der Waals surface area contributed by atoms with Gasteiger partial charge in [-0.15, -0.1) is 0 Å². The monoisotopic (exact) mass is 506 g/mol. The summed E-state index contributed by atoms with van der Waals surface area (Å²) in [7, 11) is 0. The zero-order chi connectivity index (χ0) is 25.5. The number of fused-ring (bicyclic) bond motifs is 1. The van der Waals surface area contributed by atoms with Gasteiger partial charge in [0.15, 0.2) is 0 Å². The smallest absolute Gasteiger partial charge is 0.389 e. The molecule has 36 heavy (non-hydrogen) atoms. The highest BCUT2D eigenvalue weighted by Crippen LogP contribution is 2.32. The maximum absolute atomic E-state index is 13.2. The number of alkyl halides is 3. The van der Waals surface area contributed by atoms with E-state index in [0.29, 0.717) is 24.9 Å². The molecule has 196 valence electrons. The lowest BCUT2D eigenvalue weighted by Crippen LogP contribution is -2.55. The van der Waals surface area contributed by atoms with Crippen molar-refractivity contribution >= 4 is 5.91 Å². The highest BCUT2D eigenvalue weighted by molar-refractivity contribution is 5.76. The standard InChI is InChI=1S/C27H33F3N2O4/c28-27(29,30)21-8-4-7-20(13-21)15-32-16-22(33)17-35-18-25-24(32)10-9-23(36-25)14-26(34)31-12-11-19-5-2-1-3-6-19/h1-8,13,22-25,33H,9-12,14-18H2,(H,31,34)/t22-,23+,24-,25+/m0/s1. The fourth-order valence-electron chi connectivity index (χ4n) is 4.98. The van der Waals surface area contributed by atoms with Crippen LogP contribution in [0.4, 0.5) is 13.2 Å². The average molecular weight is 507 g/mol. The van der Waals surface area contributed by atoms with Gasteiger partial charge in [0.05, 0.1) is 43.5 Å². The number of β-amino-alcohol motifs (C(OH)–C–C–N with tert-alkyl or cyclic N) is 1. The Labute approximate surface area is 209 Å². The van der Waals surface area contributed by atoms with Crippen LogP contribution in [0.2, 0.25) is 0 Å². The van der Waals surface area contributed by atoms with E-state index in [1.807, 2.05) is 35.2 Å². The lowest BCUT2D eigenvalue weighted by atomic mass is 9.94. The molecule has 0 aliphatic carbocycles. The zero-order valence-corrected chi connectivity index (χ0v) is 20.1. The highest BCUT2D eigenvalue weighted by atomic mass is 19.4. The van der Waals surface area contributed by atoms with E-state index >= 15 is 0 Å². The molecule has 0 radical (unpaired) electrons. The van der Waals surface area contributed by atoms with E-state index in [4.69, 9.17) is 9.47 Å². The summed E-state index contributed by atoms with van der Waals surface area (Å²) in [6, 6.07) is 15.1. The molecule has 0 bridgehead atoms. The molecule has 1 amide bonds. The van der Waals surface area contributed by atoms with Crippen molar-refractivity contribution in [2.24, 2.45) is 0 Å². The summed E-state index contributed by atoms with van der Waals surface area (Å²) < 4.78 is 51.4. The molecule has 2 aliphatic rings. The van der Waals surface area contributed by atoms with Crippen LogP contribution in [0.25, 0.3) is 0 Å². The lowest BCUT2D eigenvalue weighted by Gasteiger charge is -2.44. The number of benzene rings is 2. The Hall–Kier alpha value is -2.46. The zero-order valence-electron chi connectivity index (χ0n) is 20.1. The number of halogens is 3. The van der Waals surface area contributed by atoms with Crippen LogP contribution >= 0.6 is 0 Å². The van der Waals surface area contributed by atoms with E-state index in [1.165, 1.54) is 6.07 Å². The van der Waals surface area contributed by atoms with Gasteiger partial charge in [-0.3, -0.25) is 9.69 Å². The van der Waals surface area contributed by atoms with Gasteiger partial charge in [0.1, 0.15) is 0 Å². The summed E-state index contributed by atoms with van der Waals surface area (Å²) in [5.41, 5.74) is 0.993. The van der Waals surface area contributed by atoms with Crippen LogP contribution in [0.15, 0.2) is 54.6 Å². The van der Waals surface area contributed by atoms with Gasteiger partial charge in [-0.25, -0.2) is 0 Å². The summed E-state index contributed by atoms with van der Waals surface area (Å²) >= 11 is 0. The second kappa shape index (κ2) is 12.2. The van der Waals surface area contributed by atoms with E-state index in [9.17, 15) is 23.1 Å². The van der Waals surface area contributed by atoms with Gasteiger partial charge < -0.3 is 19.9 Å². The number of carbonyl (C=O) groups excluding carboxylic acids is 1. The van der Waals surface area contributed by atoms with Crippen LogP contribution in [-0.4, -0.2) is 66.6 Å². The van der Waals surface area contributed by atoms with Crippen molar-refractivity contribution in [3.05, 3.63) is 71.3 Å². The Bertz CT molecular complexity index is 988. The number of hydrogen-bond donors (Lipinski definition) is 2. The number of aliphatic hydroxyl groups is 1. The third-order valence-electron chi connectivity index (χ3n) is 6.72. The average Bonchev–Trinajstić information content (AvgIpc) is 2.83. The molecule has 0 saturated carbocycles. The van der Waals surface area contributed by atoms with Crippen LogP contribution in [0, 0.1) is 0 Å². The van der Waals surface area contributed by atoms with E-state index in [1.54, 1.807) is 6.07 Å². The first kappa shape index (κ1) is 26.6. The summed E-state index contributed by atoms with van der Waals surface area (Å²) in [6.45, 7) is 1.46. The highest BCUT2D eigenvalue weighted by Gasteiger charge is 2.38. The number of rotatable bonds is 7. The maximum atomic E-state index is 13.2. The van der Waals surface area contributed by atoms with Crippen LogP contribution in [-0.2, 0) is 33.4 Å². The number of hydrogen-bond acceptors (Lipinski definition) is 5. The normalized spacial score (nSPS) is 25.4. The molecule has 2 fully saturated rings. The van der Waals surface area contributed by atoms with E-state index in [0.717, 1.165) is 24.1 Å². The first-order chi connectivity index (χ1) is 17.3. The molecular formula is C27H33F3N2O4. The van der Waals surface area contributed by atoms with Crippen LogP contribution in [0.3, 0.4) is 0 Å². The Kier molecular flexibility index (Phi) is 9.00. The summed E-state index contributed by atoms with van der Waals surface area (Å²) in [5.74, 6) is -0.0719. The SMILES string of the molecule is O=C(C[C@H]1CC[C@H]2[C@@H](COC[C@@H](O)CN2Cc2cccc(C(F)(F)F)c2)O1)NCCc1ccccc1. The van der Waals surface area contributed by atoms with Crippen molar-refractivity contribution in [2.45, 2.75) is 62.8 Å². The quantitative estimate of drug-likeness (QED) is 0.601. The Morgan fingerprint density at radius 3 is 2.61 bits per heavy atom. The van der Waals surface area contributed by atoms with Gasteiger partial charge in [-0.1, -0.05) is 48.5 Å². The van der Waals surface area contributed by atoms with Crippen LogP contribution in [0.5, 0.6) is 0 Å². The minimum atomic E-state index is -4.41. The number of nitrogens with zero attached hydrogens (tertiary/aromatic N) is 1. The number of carbonyl (C=O) groups is 1. The molecular weight excluding hydrogens is 473 g/mol. The fraction of sp³-hybridized carbons (Fsp3) is 0.519. The van der Waals surface area contributed by atoms with E-state index in [2.05, 4.69) is 5.32 Å². The summed E-state index contributed by atoms with van der Waals surface area (Å²) in [4.78, 5) is 14.5. The lowest BCUT2D eigenvalue weighted by molar-refractivity contribution is -0.158. The molecule has 0 spiro atoms. The van der Waals surface area contributed by atoms with Crippen molar-refractivity contribution < 1.29 is 32.5 Å². The molecule has 6 nitrogen and oxygen atoms in total. The van der Waals surface area contributed by atoms with Gasteiger partial charge >= 0.3 is 6.18 Å². The third-order valence-corrected chi connectivity index (χ3v) is 6.72. The first-order valence-electron chi connectivity index (χ1n) is 12.4. The van der Waals surface area contributed by atoms with Gasteiger partial charge in [-0.2, -0.15) is 13.2 Å². The largest absolute Gasteiger partial charge is 0.416 e. The van der Waals surface area contributed by atoms with Gasteiger partial charge in [0, 0.05) is 25.7 Å². The predicted molar refractivity (Wildman–Crippen MR) is 128 cm³/mol. The van der Waals surface area contributed by atoms with Gasteiger partial charge in [0.25, 0.3) is 0 Å². The molecule has 2 aliphatic heterocycles. The first-order valence-corrected chi connectivity index (χ1v) is 12.4. The number of amides is 1. The number of nitrogens with one attached hydrogen (secondary N) is 1. The molecule has 0 aromatic heterocycles. The Morgan fingerprint density at radius 1 is 1.06 bits per heavy atom. The van der Waals surface area contributed by atoms with Crippen molar-refractivity contribution in [3.8, 4) is 0 Å². The summed E-state index contributed by atoms with van der Waals surface area (Å²) in [5, 5.41) is 13.3. The number of ether oxygens (including phenoxy) is 2. The van der Waals surface area contributed by atoms with Crippen LogP contribution in [0.1, 0.15) is 36.0 Å². The van der Waals surface area contributed by atoms with Crippen molar-refractivity contribution in [1.82, 2.24) is 10.2 Å². The molecule has 2 N–H and O–H groups in total. The molecule has 2 aromatic rings. The Morgan fingerprint density at radius 2 is 1.83 bits per heavy atom. The minimum Gasteiger partial charge on any atom is -0.389 e. The van der Waals surface area contributed by atoms with Crippen LogP contribution < -0.4 is 5.32 Å². The van der Waals surface area contributed by atoms with E-state index in [-0.39, 0.29) is 56.9 Å². The van der Waals surface area contributed by atoms with Gasteiger partial charge in [-0.05, 0) is 36.5 Å². The summed E-state index contributed by atoms with van der Waals surface area (Å²) in [6.07, 6.45) is -3.41. The topological polar surface area (TPSA) is 71.0 Å². The second-order valence-corrected chi connectivity index (χ2v) is 9.55.